The van der Waals surface area contributed by atoms with Gasteiger partial charge < -0.3 is 14.2 Å². The van der Waals surface area contributed by atoms with Crippen molar-refractivity contribution in [3.05, 3.63) is 24.3 Å². The second-order valence-electron chi connectivity index (χ2n) is 21.0. The van der Waals surface area contributed by atoms with Gasteiger partial charge in [-0.2, -0.15) is 0 Å². The summed E-state index contributed by atoms with van der Waals surface area (Å²) < 4.78 is 16.9. The van der Waals surface area contributed by atoms with Crippen molar-refractivity contribution in [1.82, 2.24) is 0 Å². The highest BCUT2D eigenvalue weighted by atomic mass is 16.6. The van der Waals surface area contributed by atoms with Gasteiger partial charge in [0.05, 0.1) is 0 Å². The maximum Gasteiger partial charge on any atom is 0.306 e. The molecule has 0 rings (SSSR count). The topological polar surface area (TPSA) is 78.9 Å². The molecule has 0 saturated carbocycles. The monoisotopic (exact) mass is 971 g/mol. The lowest BCUT2D eigenvalue weighted by Crippen LogP contribution is -2.30. The number of unbranched alkanes of at least 4 members (excludes halogenated alkanes) is 42. The SMILES string of the molecule is CCCCCC/C=C\CCCCCCCCCC(=O)OC[C@@H](COC(=O)CCCCCCCCC/C=C\CCCCCCCC)OC(=O)CCCCCCCCCCCCCCCCCCCCC. The Bertz CT molecular complexity index is 1110. The molecule has 0 heterocycles. The summed E-state index contributed by atoms with van der Waals surface area (Å²) in [6.45, 7) is 6.68. The van der Waals surface area contributed by atoms with Crippen LogP contribution in [0.1, 0.15) is 342 Å². The maximum absolute atomic E-state index is 12.9. The number of esters is 3. The van der Waals surface area contributed by atoms with Crippen molar-refractivity contribution in [2.75, 3.05) is 13.2 Å². The zero-order valence-electron chi connectivity index (χ0n) is 46.6. The molecule has 0 aliphatic heterocycles. The fourth-order valence-electron chi connectivity index (χ4n) is 9.26. The van der Waals surface area contributed by atoms with E-state index in [1.54, 1.807) is 0 Å². The summed E-state index contributed by atoms with van der Waals surface area (Å²) in [6, 6.07) is 0. The van der Waals surface area contributed by atoms with Gasteiger partial charge in [-0.25, -0.2) is 0 Å². The summed E-state index contributed by atoms with van der Waals surface area (Å²) in [4.78, 5) is 38.2. The molecule has 0 radical (unpaired) electrons. The Morgan fingerprint density at radius 2 is 0.478 bits per heavy atom. The largest absolute Gasteiger partial charge is 0.462 e. The summed E-state index contributed by atoms with van der Waals surface area (Å²) in [5, 5.41) is 0. The fraction of sp³-hybridized carbons (Fsp3) is 0.889. The van der Waals surface area contributed by atoms with E-state index in [2.05, 4.69) is 45.1 Å². The minimum absolute atomic E-state index is 0.0702. The van der Waals surface area contributed by atoms with E-state index >= 15 is 0 Å². The third-order valence-corrected chi connectivity index (χ3v) is 13.9. The number of ether oxygens (including phenoxy) is 3. The van der Waals surface area contributed by atoms with Crippen LogP contribution in [0.4, 0.5) is 0 Å². The molecule has 0 aliphatic rings. The van der Waals surface area contributed by atoms with Crippen LogP contribution in [0, 0.1) is 0 Å². The Balaban J connectivity index is 4.32. The van der Waals surface area contributed by atoms with Crippen LogP contribution in [0.3, 0.4) is 0 Å². The van der Waals surface area contributed by atoms with E-state index in [9.17, 15) is 14.4 Å². The fourth-order valence-corrected chi connectivity index (χ4v) is 9.26. The molecule has 0 fully saturated rings. The molecular formula is C63H118O6. The van der Waals surface area contributed by atoms with Crippen molar-refractivity contribution >= 4 is 17.9 Å². The number of hydrogen-bond acceptors (Lipinski definition) is 6. The van der Waals surface area contributed by atoms with E-state index in [0.717, 1.165) is 57.8 Å². The third kappa shape index (κ3) is 56.7. The standard InChI is InChI=1S/C63H118O6/c1-4-7-10-13-16-19-22-25-28-30-31-33-36-39-42-45-48-51-54-57-63(66)69-60(58-67-61(64)55-52-49-46-43-40-37-34-27-24-21-18-15-12-9-6-3)59-68-62(65)56-53-50-47-44-41-38-35-32-29-26-23-20-17-14-11-8-5-2/h21,24,26,29,60H,4-20,22-23,25,27-28,30-59H2,1-3H3/b24-21-,29-26-/t60-/m0/s1. The molecule has 406 valence electrons. The highest BCUT2D eigenvalue weighted by molar-refractivity contribution is 5.71. The van der Waals surface area contributed by atoms with Crippen LogP contribution in [0.2, 0.25) is 0 Å². The quantitative estimate of drug-likeness (QED) is 0.0261. The van der Waals surface area contributed by atoms with Gasteiger partial charge in [0.15, 0.2) is 6.10 Å². The van der Waals surface area contributed by atoms with Gasteiger partial charge in [0.1, 0.15) is 13.2 Å². The van der Waals surface area contributed by atoms with E-state index in [-0.39, 0.29) is 31.1 Å². The number of allylic oxidation sites excluding steroid dienone is 4. The van der Waals surface area contributed by atoms with Gasteiger partial charge in [0.2, 0.25) is 0 Å². The van der Waals surface area contributed by atoms with Crippen LogP contribution in [-0.2, 0) is 28.6 Å². The van der Waals surface area contributed by atoms with Gasteiger partial charge in [-0.3, -0.25) is 14.4 Å². The molecule has 0 amide bonds. The van der Waals surface area contributed by atoms with Crippen molar-refractivity contribution < 1.29 is 28.6 Å². The minimum atomic E-state index is -0.771. The molecule has 0 spiro atoms. The van der Waals surface area contributed by atoms with E-state index in [1.165, 1.54) is 244 Å². The Kier molecular flexibility index (Phi) is 56.7. The van der Waals surface area contributed by atoms with Crippen LogP contribution in [0.5, 0.6) is 0 Å². The summed E-state index contributed by atoms with van der Waals surface area (Å²) in [6.07, 6.45) is 68.8. The molecule has 0 aromatic rings. The van der Waals surface area contributed by atoms with Gasteiger partial charge in [0, 0.05) is 19.3 Å². The second kappa shape index (κ2) is 58.5. The summed E-state index contributed by atoms with van der Waals surface area (Å²) in [5.41, 5.74) is 0. The van der Waals surface area contributed by atoms with Crippen molar-refractivity contribution in [2.45, 2.75) is 348 Å². The molecule has 0 aromatic carbocycles. The van der Waals surface area contributed by atoms with Crippen LogP contribution in [0.15, 0.2) is 24.3 Å². The summed E-state index contributed by atoms with van der Waals surface area (Å²) >= 11 is 0. The van der Waals surface area contributed by atoms with Crippen molar-refractivity contribution in [1.29, 1.82) is 0 Å². The molecule has 1 atom stereocenters. The molecule has 69 heavy (non-hydrogen) atoms. The van der Waals surface area contributed by atoms with Crippen molar-refractivity contribution in [2.24, 2.45) is 0 Å². The van der Waals surface area contributed by atoms with Crippen molar-refractivity contribution in [3.8, 4) is 0 Å². The lowest BCUT2D eigenvalue weighted by molar-refractivity contribution is -0.167. The van der Waals surface area contributed by atoms with Crippen LogP contribution in [-0.4, -0.2) is 37.2 Å². The average Bonchev–Trinajstić information content (AvgIpc) is 3.35. The molecule has 0 bridgehead atoms. The first-order valence-corrected chi connectivity index (χ1v) is 30.8. The Morgan fingerprint density at radius 1 is 0.275 bits per heavy atom. The van der Waals surface area contributed by atoms with Crippen LogP contribution < -0.4 is 0 Å². The predicted molar refractivity (Wildman–Crippen MR) is 298 cm³/mol. The second-order valence-corrected chi connectivity index (χ2v) is 21.0. The molecule has 0 aliphatic carbocycles. The van der Waals surface area contributed by atoms with Crippen molar-refractivity contribution in [3.63, 3.8) is 0 Å². The lowest BCUT2D eigenvalue weighted by atomic mass is 10.0. The van der Waals surface area contributed by atoms with E-state index in [4.69, 9.17) is 14.2 Å². The normalized spacial score (nSPS) is 12.1. The molecule has 6 heteroatoms. The van der Waals surface area contributed by atoms with E-state index in [1.807, 2.05) is 0 Å². The predicted octanol–water partition coefficient (Wildman–Crippen LogP) is 20.7. The number of hydrogen-bond donors (Lipinski definition) is 0. The van der Waals surface area contributed by atoms with Gasteiger partial charge in [0.25, 0.3) is 0 Å². The van der Waals surface area contributed by atoms with Crippen LogP contribution >= 0.6 is 0 Å². The first-order chi connectivity index (χ1) is 34.0. The summed E-state index contributed by atoms with van der Waals surface area (Å²) in [5.74, 6) is -0.854. The van der Waals surface area contributed by atoms with Gasteiger partial charge in [-0.15, -0.1) is 0 Å². The maximum atomic E-state index is 12.9. The molecular weight excluding hydrogens is 853 g/mol. The third-order valence-electron chi connectivity index (χ3n) is 13.9. The molecule has 0 aromatic heterocycles. The smallest absolute Gasteiger partial charge is 0.306 e. The Hall–Kier alpha value is -2.11. The zero-order chi connectivity index (χ0) is 50.0. The Morgan fingerprint density at radius 3 is 0.739 bits per heavy atom. The highest BCUT2D eigenvalue weighted by Crippen LogP contribution is 2.17. The highest BCUT2D eigenvalue weighted by Gasteiger charge is 2.19. The lowest BCUT2D eigenvalue weighted by Gasteiger charge is -2.18. The van der Waals surface area contributed by atoms with Crippen LogP contribution in [0.25, 0.3) is 0 Å². The molecule has 0 saturated heterocycles. The zero-order valence-corrected chi connectivity index (χ0v) is 46.6. The molecule has 0 N–H and O–H groups in total. The molecule has 6 nitrogen and oxygen atoms in total. The Labute approximate surface area is 430 Å². The van der Waals surface area contributed by atoms with Gasteiger partial charge in [-0.05, 0) is 70.6 Å². The van der Waals surface area contributed by atoms with Gasteiger partial charge >= 0.3 is 17.9 Å². The van der Waals surface area contributed by atoms with E-state index < -0.39 is 6.10 Å². The molecule has 0 unspecified atom stereocenters. The first kappa shape index (κ1) is 66.9. The first-order valence-electron chi connectivity index (χ1n) is 30.8. The summed E-state index contributed by atoms with van der Waals surface area (Å²) in [7, 11) is 0. The average molecular weight is 972 g/mol. The van der Waals surface area contributed by atoms with Gasteiger partial charge in [-0.1, -0.05) is 276 Å². The number of carbonyl (C=O) groups excluding carboxylic acids is 3. The van der Waals surface area contributed by atoms with E-state index in [0.29, 0.717) is 19.3 Å². The number of carbonyl (C=O) groups is 3. The minimum Gasteiger partial charge on any atom is -0.462 e. The number of rotatable bonds is 57.